The average molecular weight is 350 g/mol. The minimum absolute atomic E-state index is 0.0387. The van der Waals surface area contributed by atoms with Crippen LogP contribution in [0.15, 0.2) is 48.0 Å². The van der Waals surface area contributed by atoms with Gasteiger partial charge in [-0.3, -0.25) is 4.79 Å². The van der Waals surface area contributed by atoms with Crippen LogP contribution in [0.5, 0.6) is 0 Å². The number of aliphatic imine (C=N–C) groups is 1. The molecule has 2 heterocycles. The third kappa shape index (κ3) is 3.67. The molecule has 2 aliphatic heterocycles. The Kier molecular flexibility index (Phi) is 4.59. The molecule has 0 aliphatic carbocycles. The van der Waals surface area contributed by atoms with Gasteiger partial charge in [0.1, 0.15) is 0 Å². The van der Waals surface area contributed by atoms with Crippen molar-refractivity contribution >= 4 is 32.7 Å². The Morgan fingerprint density at radius 3 is 2.78 bits per heavy atom. The van der Waals surface area contributed by atoms with E-state index < -0.39 is 9.84 Å². The number of amidine groups is 1. The lowest BCUT2D eigenvalue weighted by atomic mass is 10.1. The quantitative estimate of drug-likeness (QED) is 0.770. The van der Waals surface area contributed by atoms with E-state index in [2.05, 4.69) is 11.6 Å². The lowest BCUT2D eigenvalue weighted by Crippen LogP contribution is -2.37. The highest BCUT2D eigenvalue weighted by atomic mass is 32.2. The van der Waals surface area contributed by atoms with Gasteiger partial charge >= 0.3 is 0 Å². The van der Waals surface area contributed by atoms with Gasteiger partial charge in [0.05, 0.1) is 24.0 Å². The largest absolute Gasteiger partial charge is 0.342 e. The van der Waals surface area contributed by atoms with E-state index in [1.807, 2.05) is 35.2 Å². The average Bonchev–Trinajstić information content (AvgIpc) is 2.93. The van der Waals surface area contributed by atoms with Gasteiger partial charge in [-0.15, -0.1) is 6.58 Å². The number of benzene rings is 1. The first-order valence-corrected chi connectivity index (χ1v) is 10.1. The second kappa shape index (κ2) is 6.49. The predicted octanol–water partition coefficient (Wildman–Crippen LogP) is 1.51. The summed E-state index contributed by atoms with van der Waals surface area (Å²) in [6.07, 6.45) is 1.96. The van der Waals surface area contributed by atoms with Crippen molar-refractivity contribution in [1.29, 1.82) is 0 Å². The molecule has 2 atom stereocenters. The molecule has 5 nitrogen and oxygen atoms in total. The molecule has 3 rings (SSSR count). The second-order valence-electron chi connectivity index (χ2n) is 5.69. The Labute approximate surface area is 140 Å². The van der Waals surface area contributed by atoms with Crippen LogP contribution < -0.4 is 0 Å². The molecule has 0 saturated carbocycles. The van der Waals surface area contributed by atoms with Crippen LogP contribution in [0.2, 0.25) is 0 Å². The van der Waals surface area contributed by atoms with Crippen molar-refractivity contribution in [2.24, 2.45) is 4.99 Å². The number of thioether (sulfide) groups is 1. The van der Waals surface area contributed by atoms with Crippen LogP contribution in [0.3, 0.4) is 0 Å². The Bertz CT molecular complexity index is 744. The van der Waals surface area contributed by atoms with Crippen LogP contribution in [-0.4, -0.2) is 53.7 Å². The number of hydrogen-bond donors (Lipinski definition) is 0. The molecular formula is C16H18N2O3S2. The number of sulfone groups is 1. The van der Waals surface area contributed by atoms with Crippen molar-refractivity contribution in [3.63, 3.8) is 0 Å². The van der Waals surface area contributed by atoms with Gasteiger partial charge in [0, 0.05) is 11.8 Å². The van der Waals surface area contributed by atoms with Gasteiger partial charge in [-0.1, -0.05) is 48.2 Å². The summed E-state index contributed by atoms with van der Waals surface area (Å²) in [5, 5.41) is 0.582. The van der Waals surface area contributed by atoms with Crippen molar-refractivity contribution in [2.75, 3.05) is 18.1 Å². The molecule has 0 radical (unpaired) electrons. The van der Waals surface area contributed by atoms with Gasteiger partial charge in [-0.2, -0.15) is 4.99 Å². The SMILES string of the molecule is C=CCN1C(=NC(=O)Cc2ccccc2)S[C@@H]2CS(=O)(=O)C[C@H]21. The Morgan fingerprint density at radius 2 is 2.09 bits per heavy atom. The molecule has 7 heteroatoms. The minimum atomic E-state index is -2.99. The lowest BCUT2D eigenvalue weighted by Gasteiger charge is -2.22. The van der Waals surface area contributed by atoms with Gasteiger partial charge in [0.25, 0.3) is 5.91 Å². The van der Waals surface area contributed by atoms with Crippen molar-refractivity contribution in [1.82, 2.24) is 4.90 Å². The van der Waals surface area contributed by atoms with E-state index in [-0.39, 0.29) is 35.1 Å². The smallest absolute Gasteiger partial charge is 0.252 e. The van der Waals surface area contributed by atoms with Crippen LogP contribution >= 0.6 is 11.8 Å². The van der Waals surface area contributed by atoms with Crippen molar-refractivity contribution in [3.05, 3.63) is 48.6 Å². The maximum absolute atomic E-state index is 12.2. The number of hydrogen-bond acceptors (Lipinski definition) is 4. The zero-order valence-electron chi connectivity index (χ0n) is 12.6. The molecule has 1 amide bonds. The summed E-state index contributed by atoms with van der Waals surface area (Å²) in [5.74, 6) is 0.0716. The van der Waals surface area contributed by atoms with E-state index in [0.29, 0.717) is 11.7 Å². The minimum Gasteiger partial charge on any atom is -0.342 e. The first-order valence-electron chi connectivity index (χ1n) is 7.38. The monoisotopic (exact) mass is 350 g/mol. The fourth-order valence-corrected chi connectivity index (χ4v) is 6.88. The molecule has 0 unspecified atom stereocenters. The molecule has 0 N–H and O–H groups in total. The normalized spacial score (nSPS) is 27.1. The first-order chi connectivity index (χ1) is 11.0. The van der Waals surface area contributed by atoms with E-state index in [1.165, 1.54) is 11.8 Å². The van der Waals surface area contributed by atoms with Crippen LogP contribution in [-0.2, 0) is 21.1 Å². The third-order valence-corrected chi connectivity index (χ3v) is 7.17. The van der Waals surface area contributed by atoms with Crippen LogP contribution in [0, 0.1) is 0 Å². The lowest BCUT2D eigenvalue weighted by molar-refractivity contribution is -0.117. The van der Waals surface area contributed by atoms with E-state index in [1.54, 1.807) is 6.08 Å². The highest BCUT2D eigenvalue weighted by Gasteiger charge is 2.48. The van der Waals surface area contributed by atoms with Gasteiger partial charge in [-0.05, 0) is 5.56 Å². The molecule has 2 fully saturated rings. The fourth-order valence-electron chi connectivity index (χ4n) is 2.90. The molecule has 2 saturated heterocycles. The van der Waals surface area contributed by atoms with E-state index in [0.717, 1.165) is 5.56 Å². The Morgan fingerprint density at radius 1 is 1.35 bits per heavy atom. The number of carbonyl (C=O) groups excluding carboxylic acids is 1. The summed E-state index contributed by atoms with van der Waals surface area (Å²) < 4.78 is 23.6. The summed E-state index contributed by atoms with van der Waals surface area (Å²) in [5.41, 5.74) is 0.919. The first kappa shape index (κ1) is 16.3. The highest BCUT2D eigenvalue weighted by Crippen LogP contribution is 2.37. The second-order valence-corrected chi connectivity index (χ2v) is 9.05. The molecule has 23 heavy (non-hydrogen) atoms. The number of nitrogens with zero attached hydrogens (tertiary/aromatic N) is 2. The number of rotatable bonds is 4. The van der Waals surface area contributed by atoms with Gasteiger partial charge in [0.15, 0.2) is 15.0 Å². The molecule has 1 aromatic rings. The number of carbonyl (C=O) groups is 1. The van der Waals surface area contributed by atoms with Crippen molar-refractivity contribution in [2.45, 2.75) is 17.7 Å². The molecular weight excluding hydrogens is 332 g/mol. The Balaban J connectivity index is 1.76. The Hall–Kier alpha value is -1.60. The van der Waals surface area contributed by atoms with Gasteiger partial charge in [-0.25, -0.2) is 8.42 Å². The van der Waals surface area contributed by atoms with Crippen LogP contribution in [0.25, 0.3) is 0 Å². The van der Waals surface area contributed by atoms with Crippen molar-refractivity contribution in [3.8, 4) is 0 Å². The summed E-state index contributed by atoms with van der Waals surface area (Å²) in [6.45, 7) is 4.22. The maximum Gasteiger partial charge on any atom is 0.252 e. The topological polar surface area (TPSA) is 66.8 Å². The molecule has 0 aromatic heterocycles. The van der Waals surface area contributed by atoms with E-state index in [4.69, 9.17) is 0 Å². The zero-order chi connectivity index (χ0) is 16.4. The van der Waals surface area contributed by atoms with Gasteiger partial charge < -0.3 is 4.90 Å². The number of amides is 1. The summed E-state index contributed by atoms with van der Waals surface area (Å²) in [6, 6.07) is 9.36. The molecule has 1 aromatic carbocycles. The van der Waals surface area contributed by atoms with Crippen LogP contribution in [0.1, 0.15) is 5.56 Å². The van der Waals surface area contributed by atoms with Gasteiger partial charge in [0.2, 0.25) is 0 Å². The summed E-state index contributed by atoms with van der Waals surface area (Å²) in [7, 11) is -2.99. The maximum atomic E-state index is 12.2. The predicted molar refractivity (Wildman–Crippen MR) is 93.3 cm³/mol. The summed E-state index contributed by atoms with van der Waals surface area (Å²) >= 11 is 1.40. The highest BCUT2D eigenvalue weighted by molar-refractivity contribution is 8.15. The molecule has 122 valence electrons. The zero-order valence-corrected chi connectivity index (χ0v) is 14.2. The van der Waals surface area contributed by atoms with Crippen LogP contribution in [0.4, 0.5) is 0 Å². The molecule has 0 bridgehead atoms. The standard InChI is InChI=1S/C16H18N2O3S2/c1-2-8-18-13-10-23(20,21)11-14(13)22-16(18)17-15(19)9-12-6-4-3-5-7-12/h2-7,13-14H,1,8-11H2/t13-,14-/m1/s1. The van der Waals surface area contributed by atoms with E-state index in [9.17, 15) is 13.2 Å². The third-order valence-electron chi connectivity index (χ3n) is 3.92. The van der Waals surface area contributed by atoms with Crippen molar-refractivity contribution < 1.29 is 13.2 Å². The molecule has 2 aliphatic rings. The summed E-state index contributed by atoms with van der Waals surface area (Å²) in [4.78, 5) is 18.3. The fraction of sp³-hybridized carbons (Fsp3) is 0.375. The van der Waals surface area contributed by atoms with E-state index >= 15 is 0 Å². The number of fused-ring (bicyclic) bond motifs is 1. The molecule has 0 spiro atoms.